The predicted molar refractivity (Wildman–Crippen MR) is 79.9 cm³/mol. The standard InChI is InChI=1S/C15H23N3O2/c1-11-4-3-5-12(2)15(11)17-14(20)9-18-7-6-16-8-13(18)10-19/h3-5,13,16,19H,6-10H2,1-2H3,(H,17,20). The van der Waals surface area contributed by atoms with E-state index in [0.717, 1.165) is 36.4 Å². The maximum atomic E-state index is 12.2. The fraction of sp³-hybridized carbons (Fsp3) is 0.533. The molecular formula is C15H23N3O2. The first-order chi connectivity index (χ1) is 9.61. The number of carbonyl (C=O) groups excluding carboxylic acids is 1. The fourth-order valence-corrected chi connectivity index (χ4v) is 2.57. The van der Waals surface area contributed by atoms with Crippen molar-refractivity contribution in [1.82, 2.24) is 10.2 Å². The minimum Gasteiger partial charge on any atom is -0.395 e. The van der Waals surface area contributed by atoms with Crippen LogP contribution < -0.4 is 10.6 Å². The molecule has 1 unspecified atom stereocenters. The predicted octanol–water partition coefficient (Wildman–Crippen LogP) is 0.508. The molecule has 3 N–H and O–H groups in total. The molecule has 1 aromatic rings. The summed E-state index contributed by atoms with van der Waals surface area (Å²) in [5.74, 6) is -0.0252. The van der Waals surface area contributed by atoms with Gasteiger partial charge in [0.15, 0.2) is 0 Å². The summed E-state index contributed by atoms with van der Waals surface area (Å²) in [5.41, 5.74) is 3.03. The average molecular weight is 277 g/mol. The number of benzene rings is 1. The molecule has 5 heteroatoms. The molecule has 1 fully saturated rings. The molecule has 1 amide bonds. The van der Waals surface area contributed by atoms with Gasteiger partial charge in [-0.3, -0.25) is 9.69 Å². The largest absolute Gasteiger partial charge is 0.395 e. The molecule has 0 spiro atoms. The number of para-hydroxylation sites is 1. The third kappa shape index (κ3) is 3.56. The van der Waals surface area contributed by atoms with Crippen LogP contribution in [0.5, 0.6) is 0 Å². The van der Waals surface area contributed by atoms with Crippen molar-refractivity contribution >= 4 is 11.6 Å². The van der Waals surface area contributed by atoms with Gasteiger partial charge in [-0.05, 0) is 25.0 Å². The zero-order chi connectivity index (χ0) is 14.5. The van der Waals surface area contributed by atoms with Crippen molar-refractivity contribution in [3.05, 3.63) is 29.3 Å². The van der Waals surface area contributed by atoms with Crippen LogP contribution in [0.1, 0.15) is 11.1 Å². The third-order valence-electron chi connectivity index (χ3n) is 3.78. The number of hydrogen-bond acceptors (Lipinski definition) is 4. The van der Waals surface area contributed by atoms with Gasteiger partial charge in [0, 0.05) is 31.4 Å². The molecule has 1 aromatic carbocycles. The van der Waals surface area contributed by atoms with Crippen molar-refractivity contribution < 1.29 is 9.90 Å². The first kappa shape index (κ1) is 15.0. The van der Waals surface area contributed by atoms with Crippen LogP contribution >= 0.6 is 0 Å². The topological polar surface area (TPSA) is 64.6 Å². The number of aliphatic hydroxyl groups excluding tert-OH is 1. The van der Waals surface area contributed by atoms with Crippen LogP contribution in [0, 0.1) is 13.8 Å². The smallest absolute Gasteiger partial charge is 0.238 e. The Kier molecular flexibility index (Phi) is 5.11. The van der Waals surface area contributed by atoms with Crippen molar-refractivity contribution in [3.63, 3.8) is 0 Å². The van der Waals surface area contributed by atoms with Crippen LogP contribution in [0.2, 0.25) is 0 Å². The number of anilines is 1. The minimum absolute atomic E-state index is 0.0208. The van der Waals surface area contributed by atoms with Crippen molar-refractivity contribution in [1.29, 1.82) is 0 Å². The average Bonchev–Trinajstić information content (AvgIpc) is 2.44. The first-order valence-electron chi connectivity index (χ1n) is 7.03. The monoisotopic (exact) mass is 277 g/mol. The summed E-state index contributed by atoms with van der Waals surface area (Å²) < 4.78 is 0. The Balaban J connectivity index is 1.98. The molecule has 1 aliphatic rings. The van der Waals surface area contributed by atoms with E-state index in [9.17, 15) is 9.90 Å². The van der Waals surface area contributed by atoms with Crippen LogP contribution in [0.15, 0.2) is 18.2 Å². The molecule has 20 heavy (non-hydrogen) atoms. The Hall–Kier alpha value is -1.43. The summed E-state index contributed by atoms with van der Waals surface area (Å²) in [4.78, 5) is 14.2. The van der Waals surface area contributed by atoms with Gasteiger partial charge in [0.05, 0.1) is 13.2 Å². The molecule has 0 aliphatic carbocycles. The van der Waals surface area contributed by atoms with E-state index in [1.165, 1.54) is 0 Å². The van der Waals surface area contributed by atoms with Gasteiger partial charge in [-0.2, -0.15) is 0 Å². The zero-order valence-electron chi connectivity index (χ0n) is 12.1. The number of nitrogens with one attached hydrogen (secondary N) is 2. The molecule has 1 heterocycles. The zero-order valence-corrected chi connectivity index (χ0v) is 12.1. The van der Waals surface area contributed by atoms with E-state index in [1.54, 1.807) is 0 Å². The van der Waals surface area contributed by atoms with E-state index in [4.69, 9.17) is 0 Å². The molecule has 110 valence electrons. The van der Waals surface area contributed by atoms with Gasteiger partial charge >= 0.3 is 0 Å². The van der Waals surface area contributed by atoms with Crippen molar-refractivity contribution in [2.75, 3.05) is 38.1 Å². The summed E-state index contributed by atoms with van der Waals surface area (Å²) in [6.07, 6.45) is 0. The van der Waals surface area contributed by atoms with Crippen LogP contribution in [0.25, 0.3) is 0 Å². The molecule has 2 rings (SSSR count). The quantitative estimate of drug-likeness (QED) is 0.750. The summed E-state index contributed by atoms with van der Waals surface area (Å²) in [6, 6.07) is 5.99. The highest BCUT2D eigenvalue weighted by Crippen LogP contribution is 2.19. The molecule has 1 aliphatic heterocycles. The Labute approximate surface area is 120 Å². The van der Waals surface area contributed by atoms with Gasteiger partial charge in [-0.1, -0.05) is 18.2 Å². The second kappa shape index (κ2) is 6.83. The van der Waals surface area contributed by atoms with E-state index < -0.39 is 0 Å². The normalized spacial score (nSPS) is 19.9. The van der Waals surface area contributed by atoms with Gasteiger partial charge < -0.3 is 15.7 Å². The number of carbonyl (C=O) groups is 1. The molecule has 0 bridgehead atoms. The number of amides is 1. The Bertz CT molecular complexity index is 456. The number of aliphatic hydroxyl groups is 1. The van der Waals surface area contributed by atoms with Crippen LogP contribution in [0.3, 0.4) is 0 Å². The van der Waals surface area contributed by atoms with E-state index in [0.29, 0.717) is 6.54 Å². The van der Waals surface area contributed by atoms with Crippen molar-refractivity contribution in [2.24, 2.45) is 0 Å². The van der Waals surface area contributed by atoms with E-state index in [1.807, 2.05) is 36.9 Å². The first-order valence-corrected chi connectivity index (χ1v) is 7.03. The lowest BCUT2D eigenvalue weighted by Gasteiger charge is -2.34. The highest BCUT2D eigenvalue weighted by molar-refractivity contribution is 5.93. The van der Waals surface area contributed by atoms with Crippen molar-refractivity contribution in [3.8, 4) is 0 Å². The SMILES string of the molecule is Cc1cccc(C)c1NC(=O)CN1CCNCC1CO. The second-order valence-corrected chi connectivity index (χ2v) is 5.33. The van der Waals surface area contributed by atoms with Gasteiger partial charge in [0.1, 0.15) is 0 Å². The third-order valence-corrected chi connectivity index (χ3v) is 3.78. The Morgan fingerprint density at radius 3 is 2.80 bits per heavy atom. The molecule has 1 saturated heterocycles. The molecule has 1 atom stereocenters. The lowest BCUT2D eigenvalue weighted by Crippen LogP contribution is -2.54. The van der Waals surface area contributed by atoms with Crippen molar-refractivity contribution in [2.45, 2.75) is 19.9 Å². The fourth-order valence-electron chi connectivity index (χ4n) is 2.57. The van der Waals surface area contributed by atoms with E-state index in [2.05, 4.69) is 10.6 Å². The van der Waals surface area contributed by atoms with Gasteiger partial charge in [0.2, 0.25) is 5.91 Å². The molecular weight excluding hydrogens is 254 g/mol. The van der Waals surface area contributed by atoms with Gasteiger partial charge in [-0.15, -0.1) is 0 Å². The molecule has 5 nitrogen and oxygen atoms in total. The molecule has 0 saturated carbocycles. The number of rotatable bonds is 4. The lowest BCUT2D eigenvalue weighted by atomic mass is 10.1. The summed E-state index contributed by atoms with van der Waals surface area (Å²) in [5, 5.41) is 15.6. The lowest BCUT2D eigenvalue weighted by molar-refractivity contribution is -0.118. The number of hydrogen-bond donors (Lipinski definition) is 3. The van der Waals surface area contributed by atoms with Crippen LogP contribution in [-0.4, -0.2) is 54.7 Å². The Morgan fingerprint density at radius 1 is 1.45 bits per heavy atom. The minimum atomic E-state index is -0.0252. The maximum absolute atomic E-state index is 12.2. The number of nitrogens with zero attached hydrogens (tertiary/aromatic N) is 1. The van der Waals surface area contributed by atoms with E-state index >= 15 is 0 Å². The molecule has 0 aromatic heterocycles. The van der Waals surface area contributed by atoms with Crippen LogP contribution in [-0.2, 0) is 4.79 Å². The van der Waals surface area contributed by atoms with Gasteiger partial charge in [-0.25, -0.2) is 0 Å². The summed E-state index contributed by atoms with van der Waals surface area (Å²) in [6.45, 7) is 6.74. The maximum Gasteiger partial charge on any atom is 0.238 e. The van der Waals surface area contributed by atoms with Gasteiger partial charge in [0.25, 0.3) is 0 Å². The Morgan fingerprint density at radius 2 is 2.15 bits per heavy atom. The number of piperazine rings is 1. The highest BCUT2D eigenvalue weighted by Gasteiger charge is 2.23. The second-order valence-electron chi connectivity index (χ2n) is 5.33. The number of aryl methyl sites for hydroxylation is 2. The highest BCUT2D eigenvalue weighted by atomic mass is 16.3. The van der Waals surface area contributed by atoms with E-state index in [-0.39, 0.29) is 18.6 Å². The summed E-state index contributed by atoms with van der Waals surface area (Å²) >= 11 is 0. The van der Waals surface area contributed by atoms with Crippen LogP contribution in [0.4, 0.5) is 5.69 Å². The molecule has 0 radical (unpaired) electrons. The summed E-state index contributed by atoms with van der Waals surface area (Å²) in [7, 11) is 0.